The van der Waals surface area contributed by atoms with Crippen LogP contribution in [0.5, 0.6) is 0 Å². The van der Waals surface area contributed by atoms with E-state index in [4.69, 9.17) is 0 Å². The highest BCUT2D eigenvalue weighted by atomic mass is 16.4. The molecule has 1 aromatic carbocycles. The van der Waals surface area contributed by atoms with Crippen molar-refractivity contribution in [2.75, 3.05) is 19.6 Å². The fourth-order valence-electron chi connectivity index (χ4n) is 3.42. The van der Waals surface area contributed by atoms with E-state index >= 15 is 0 Å². The summed E-state index contributed by atoms with van der Waals surface area (Å²) in [5, 5.41) is 12.3. The lowest BCUT2D eigenvalue weighted by Gasteiger charge is -2.33. The van der Waals surface area contributed by atoms with Gasteiger partial charge >= 0.3 is 5.97 Å². The van der Waals surface area contributed by atoms with E-state index in [0.29, 0.717) is 37.9 Å². The summed E-state index contributed by atoms with van der Waals surface area (Å²) in [4.78, 5) is 38.4. The minimum atomic E-state index is -0.927. The second kappa shape index (κ2) is 8.83. The molecule has 1 saturated heterocycles. The molecule has 0 aromatic heterocycles. The van der Waals surface area contributed by atoms with Gasteiger partial charge in [-0.15, -0.1) is 0 Å². The van der Waals surface area contributed by atoms with Crippen LogP contribution in [0.15, 0.2) is 30.3 Å². The Hall–Kier alpha value is -2.37. The SMILES string of the molecule is CCC(CC)(CNC(=O)C1CCCN(C(=O)c2ccccc2)C1)C(=O)O. The van der Waals surface area contributed by atoms with Crippen molar-refractivity contribution in [3.05, 3.63) is 35.9 Å². The molecule has 142 valence electrons. The number of carbonyl (C=O) groups is 3. The summed E-state index contributed by atoms with van der Waals surface area (Å²) < 4.78 is 0. The molecule has 0 bridgehead atoms. The molecule has 0 radical (unpaired) electrons. The minimum absolute atomic E-state index is 0.0647. The zero-order chi connectivity index (χ0) is 19.2. The third kappa shape index (κ3) is 4.42. The Kier molecular flexibility index (Phi) is 6.77. The van der Waals surface area contributed by atoms with Crippen molar-refractivity contribution in [2.24, 2.45) is 11.3 Å². The van der Waals surface area contributed by atoms with Crippen LogP contribution in [0.3, 0.4) is 0 Å². The number of benzene rings is 1. The number of rotatable bonds is 7. The van der Waals surface area contributed by atoms with Crippen LogP contribution in [0.1, 0.15) is 49.9 Å². The van der Waals surface area contributed by atoms with Crippen LogP contribution >= 0.6 is 0 Å². The molecule has 1 aromatic rings. The fourth-order valence-corrected chi connectivity index (χ4v) is 3.42. The molecule has 6 nitrogen and oxygen atoms in total. The molecule has 6 heteroatoms. The third-order valence-electron chi connectivity index (χ3n) is 5.51. The average molecular weight is 360 g/mol. The zero-order valence-corrected chi connectivity index (χ0v) is 15.5. The number of carbonyl (C=O) groups excluding carboxylic acids is 2. The normalized spacial score (nSPS) is 17.6. The Morgan fingerprint density at radius 2 is 1.85 bits per heavy atom. The van der Waals surface area contributed by atoms with Gasteiger partial charge < -0.3 is 15.3 Å². The van der Waals surface area contributed by atoms with Crippen molar-refractivity contribution in [2.45, 2.75) is 39.5 Å². The van der Waals surface area contributed by atoms with E-state index in [2.05, 4.69) is 5.32 Å². The number of likely N-dealkylation sites (tertiary alicyclic amines) is 1. The van der Waals surface area contributed by atoms with Crippen molar-refractivity contribution in [1.82, 2.24) is 10.2 Å². The number of carboxylic acid groups (broad SMARTS) is 1. The molecule has 2 rings (SSSR count). The van der Waals surface area contributed by atoms with E-state index in [1.54, 1.807) is 17.0 Å². The van der Waals surface area contributed by atoms with Gasteiger partial charge in [-0.25, -0.2) is 0 Å². The lowest BCUT2D eigenvalue weighted by molar-refractivity contribution is -0.149. The summed E-state index contributed by atoms with van der Waals surface area (Å²) in [6.07, 6.45) is 2.40. The lowest BCUT2D eigenvalue weighted by Crippen LogP contribution is -2.48. The van der Waals surface area contributed by atoms with E-state index in [0.717, 1.165) is 6.42 Å². The van der Waals surface area contributed by atoms with Gasteiger partial charge in [-0.2, -0.15) is 0 Å². The molecule has 1 atom stereocenters. The molecular formula is C20H28N2O4. The molecule has 1 unspecified atom stereocenters. The number of carboxylic acids is 1. The van der Waals surface area contributed by atoms with Gasteiger partial charge in [-0.05, 0) is 37.8 Å². The van der Waals surface area contributed by atoms with E-state index in [-0.39, 0.29) is 24.3 Å². The second-order valence-corrected chi connectivity index (χ2v) is 6.97. The molecule has 26 heavy (non-hydrogen) atoms. The predicted molar refractivity (Wildman–Crippen MR) is 98.7 cm³/mol. The van der Waals surface area contributed by atoms with Crippen molar-refractivity contribution in [1.29, 1.82) is 0 Å². The highest BCUT2D eigenvalue weighted by Crippen LogP contribution is 2.26. The quantitative estimate of drug-likeness (QED) is 0.782. The predicted octanol–water partition coefficient (Wildman–Crippen LogP) is 2.55. The lowest BCUT2D eigenvalue weighted by atomic mass is 9.82. The summed E-state index contributed by atoms with van der Waals surface area (Å²) in [6.45, 7) is 4.78. The highest BCUT2D eigenvalue weighted by molar-refractivity contribution is 5.94. The molecule has 0 spiro atoms. The van der Waals surface area contributed by atoms with Crippen molar-refractivity contribution < 1.29 is 19.5 Å². The Morgan fingerprint density at radius 3 is 2.42 bits per heavy atom. The monoisotopic (exact) mass is 360 g/mol. The number of aliphatic carboxylic acids is 1. The largest absolute Gasteiger partial charge is 0.481 e. The highest BCUT2D eigenvalue weighted by Gasteiger charge is 2.36. The third-order valence-corrected chi connectivity index (χ3v) is 5.51. The second-order valence-electron chi connectivity index (χ2n) is 6.97. The number of hydrogen-bond acceptors (Lipinski definition) is 3. The van der Waals surface area contributed by atoms with Crippen LogP contribution in [0.25, 0.3) is 0 Å². The minimum Gasteiger partial charge on any atom is -0.481 e. The molecule has 1 aliphatic heterocycles. The molecule has 0 saturated carbocycles. The summed E-state index contributed by atoms with van der Waals surface area (Å²) in [5.74, 6) is -1.41. The molecule has 2 amide bonds. The molecule has 2 N–H and O–H groups in total. The smallest absolute Gasteiger partial charge is 0.311 e. The molecule has 1 fully saturated rings. The van der Waals surface area contributed by atoms with Gasteiger partial charge in [0.05, 0.1) is 11.3 Å². The van der Waals surface area contributed by atoms with Crippen molar-refractivity contribution in [3.63, 3.8) is 0 Å². The topological polar surface area (TPSA) is 86.7 Å². The Balaban J connectivity index is 1.97. The number of amides is 2. The Labute approximate surface area is 154 Å². The van der Waals surface area contributed by atoms with Crippen molar-refractivity contribution in [3.8, 4) is 0 Å². The van der Waals surface area contributed by atoms with Gasteiger partial charge in [-0.1, -0.05) is 32.0 Å². The Morgan fingerprint density at radius 1 is 1.19 bits per heavy atom. The fraction of sp³-hybridized carbons (Fsp3) is 0.550. The van der Waals surface area contributed by atoms with Gasteiger partial charge in [-0.3, -0.25) is 14.4 Å². The van der Waals surface area contributed by atoms with Gasteiger partial charge in [0.2, 0.25) is 5.91 Å². The number of piperidine rings is 1. The van der Waals surface area contributed by atoms with Gasteiger partial charge in [0, 0.05) is 25.2 Å². The van der Waals surface area contributed by atoms with Gasteiger partial charge in [0.15, 0.2) is 0 Å². The van der Waals surface area contributed by atoms with Crippen LogP contribution < -0.4 is 5.32 Å². The summed E-state index contributed by atoms with van der Waals surface area (Å²) in [7, 11) is 0. The molecule has 1 heterocycles. The van der Waals surface area contributed by atoms with Crippen molar-refractivity contribution >= 4 is 17.8 Å². The first-order valence-corrected chi connectivity index (χ1v) is 9.29. The van der Waals surface area contributed by atoms with E-state index in [1.807, 2.05) is 32.0 Å². The zero-order valence-electron chi connectivity index (χ0n) is 15.5. The maximum absolute atomic E-state index is 12.6. The molecule has 1 aliphatic rings. The van der Waals surface area contributed by atoms with Gasteiger partial charge in [0.1, 0.15) is 0 Å². The van der Waals surface area contributed by atoms with Crippen LogP contribution in [0.2, 0.25) is 0 Å². The first-order chi connectivity index (χ1) is 12.4. The van der Waals surface area contributed by atoms with Crippen LogP contribution in [0.4, 0.5) is 0 Å². The maximum atomic E-state index is 12.6. The summed E-state index contributed by atoms with van der Waals surface area (Å²) in [6, 6.07) is 9.05. The first-order valence-electron chi connectivity index (χ1n) is 9.29. The van der Waals surface area contributed by atoms with Crippen LogP contribution in [0, 0.1) is 11.3 Å². The number of hydrogen-bond donors (Lipinski definition) is 2. The number of nitrogens with zero attached hydrogens (tertiary/aromatic N) is 1. The van der Waals surface area contributed by atoms with E-state index < -0.39 is 11.4 Å². The molecular weight excluding hydrogens is 332 g/mol. The van der Waals surface area contributed by atoms with E-state index in [1.165, 1.54) is 0 Å². The average Bonchev–Trinajstić information content (AvgIpc) is 2.69. The van der Waals surface area contributed by atoms with E-state index in [9.17, 15) is 19.5 Å². The summed E-state index contributed by atoms with van der Waals surface area (Å²) >= 11 is 0. The number of nitrogens with one attached hydrogen (secondary N) is 1. The van der Waals surface area contributed by atoms with Gasteiger partial charge in [0.25, 0.3) is 5.91 Å². The Bertz CT molecular complexity index is 640. The molecule has 0 aliphatic carbocycles. The van der Waals surface area contributed by atoms with Crippen LogP contribution in [-0.4, -0.2) is 47.4 Å². The van der Waals surface area contributed by atoms with Crippen LogP contribution in [-0.2, 0) is 9.59 Å². The maximum Gasteiger partial charge on any atom is 0.311 e. The summed E-state index contributed by atoms with van der Waals surface area (Å²) in [5.41, 5.74) is -0.306. The standard InChI is InChI=1S/C20H28N2O4/c1-3-20(4-2,19(25)26)14-21-17(23)16-11-8-12-22(13-16)18(24)15-9-6-5-7-10-15/h5-7,9-10,16H,3-4,8,11-14H2,1-2H3,(H,21,23)(H,25,26). The first kappa shape index (κ1) is 19.9.